The fourth-order valence-corrected chi connectivity index (χ4v) is 2.17. The molecule has 1 aromatic carbocycles. The molecule has 10 heteroatoms. The van der Waals surface area contributed by atoms with Gasteiger partial charge >= 0.3 is 0 Å². The molecule has 0 aliphatic carbocycles. The van der Waals surface area contributed by atoms with Crippen molar-refractivity contribution >= 4 is 64.1 Å². The molecule has 1 N–H and O–H groups in total. The van der Waals surface area contributed by atoms with Crippen LogP contribution in [-0.4, -0.2) is 16.1 Å². The van der Waals surface area contributed by atoms with Crippen molar-refractivity contribution in [2.24, 2.45) is 5.10 Å². The van der Waals surface area contributed by atoms with Crippen molar-refractivity contribution in [2.75, 3.05) is 5.43 Å². The first kappa shape index (κ1) is 16.8. The number of nitrogens with one attached hydrogen (secondary N) is 1. The molecular weight excluding hydrogens is 374 g/mol. The highest BCUT2D eigenvalue weighted by atomic mass is 35.5. The van der Waals surface area contributed by atoms with Crippen LogP contribution in [0, 0.1) is 10.1 Å². The molecule has 0 unspecified atom stereocenters. The van der Waals surface area contributed by atoms with Crippen LogP contribution >= 0.6 is 46.4 Å². The van der Waals surface area contributed by atoms with E-state index < -0.39 is 4.92 Å². The van der Waals surface area contributed by atoms with Crippen LogP contribution in [0.2, 0.25) is 20.2 Å². The summed E-state index contributed by atoms with van der Waals surface area (Å²) in [7, 11) is 0. The molecule has 0 aliphatic rings. The third-order valence-corrected chi connectivity index (χ3v) is 3.72. The topological polar surface area (TPSA) is 80.4 Å². The largest absolute Gasteiger partial charge is 0.288 e. The number of aromatic nitrogens is 1. The smallest absolute Gasteiger partial charge is 0.260 e. The number of pyridine rings is 1. The van der Waals surface area contributed by atoms with Gasteiger partial charge < -0.3 is 0 Å². The SMILES string of the molecule is O=[N+]([O-])c1cc(C=NNc2nc(Cl)c(Cl)cc2Cl)ccc1Cl. The zero-order valence-corrected chi connectivity index (χ0v) is 13.6. The second-order valence-electron chi connectivity index (χ2n) is 3.93. The van der Waals surface area contributed by atoms with Gasteiger partial charge in [-0.1, -0.05) is 52.5 Å². The molecule has 0 bridgehead atoms. The van der Waals surface area contributed by atoms with Crippen LogP contribution < -0.4 is 5.43 Å². The van der Waals surface area contributed by atoms with Crippen LogP contribution in [0.15, 0.2) is 29.4 Å². The molecule has 6 nitrogen and oxygen atoms in total. The summed E-state index contributed by atoms with van der Waals surface area (Å²) < 4.78 is 0. The summed E-state index contributed by atoms with van der Waals surface area (Å²) >= 11 is 23.2. The Morgan fingerprint density at radius 3 is 2.55 bits per heavy atom. The Kier molecular flexibility index (Phi) is 5.42. The monoisotopic (exact) mass is 378 g/mol. The molecule has 0 fully saturated rings. The van der Waals surface area contributed by atoms with Gasteiger partial charge in [-0.25, -0.2) is 4.98 Å². The highest BCUT2D eigenvalue weighted by Gasteiger charge is 2.12. The molecule has 2 rings (SSSR count). The minimum absolute atomic E-state index is 0.0457. The van der Waals surface area contributed by atoms with Crippen molar-refractivity contribution in [1.29, 1.82) is 0 Å². The average Bonchev–Trinajstić information content (AvgIpc) is 2.45. The Morgan fingerprint density at radius 1 is 1.14 bits per heavy atom. The maximum atomic E-state index is 10.8. The Morgan fingerprint density at radius 2 is 1.86 bits per heavy atom. The van der Waals surface area contributed by atoms with E-state index in [2.05, 4.69) is 15.5 Å². The first-order valence-electron chi connectivity index (χ1n) is 5.63. The maximum absolute atomic E-state index is 10.8. The fourth-order valence-electron chi connectivity index (χ4n) is 1.44. The number of hydrogen-bond donors (Lipinski definition) is 1. The van der Waals surface area contributed by atoms with Crippen molar-refractivity contribution < 1.29 is 4.92 Å². The predicted molar refractivity (Wildman–Crippen MR) is 88.6 cm³/mol. The van der Waals surface area contributed by atoms with Crippen molar-refractivity contribution in [1.82, 2.24) is 4.98 Å². The molecule has 0 amide bonds. The number of nitro groups is 1. The number of anilines is 1. The molecule has 0 atom stereocenters. The lowest BCUT2D eigenvalue weighted by atomic mass is 10.2. The number of halogens is 4. The summed E-state index contributed by atoms with van der Waals surface area (Å²) in [5.74, 6) is 0.204. The summed E-state index contributed by atoms with van der Waals surface area (Å²) in [5, 5.41) is 15.2. The van der Waals surface area contributed by atoms with Crippen LogP contribution in [0.4, 0.5) is 11.5 Å². The molecule has 1 aromatic heterocycles. The van der Waals surface area contributed by atoms with Crippen molar-refractivity contribution in [3.8, 4) is 0 Å². The molecular formula is C12H6Cl4N4O2. The number of nitrogens with zero attached hydrogens (tertiary/aromatic N) is 3. The Bertz CT molecular complexity index is 767. The lowest BCUT2D eigenvalue weighted by Gasteiger charge is -2.04. The fraction of sp³-hybridized carbons (Fsp3) is 0. The predicted octanol–water partition coefficient (Wildman–Crippen LogP) is 5.05. The number of nitro benzene ring substituents is 1. The second-order valence-corrected chi connectivity index (χ2v) is 5.51. The Balaban J connectivity index is 2.18. The standard InChI is InChI=1S/C12H6Cl4N4O2/c13-7-2-1-6(3-10(7)20(21)22)5-17-19-12-9(15)4-8(14)11(16)18-12/h1-5H,(H,18,19). The van der Waals surface area contributed by atoms with Gasteiger partial charge in [0.2, 0.25) is 0 Å². The van der Waals surface area contributed by atoms with Crippen LogP contribution in [0.3, 0.4) is 0 Å². The van der Waals surface area contributed by atoms with Crippen LogP contribution in [0.25, 0.3) is 0 Å². The highest BCUT2D eigenvalue weighted by Crippen LogP contribution is 2.29. The van der Waals surface area contributed by atoms with E-state index in [9.17, 15) is 10.1 Å². The first-order chi connectivity index (χ1) is 10.4. The molecule has 0 aliphatic heterocycles. The summed E-state index contributed by atoms with van der Waals surface area (Å²) in [6.45, 7) is 0. The quantitative estimate of drug-likeness (QED) is 0.349. The number of benzene rings is 1. The maximum Gasteiger partial charge on any atom is 0.288 e. The van der Waals surface area contributed by atoms with Gasteiger partial charge in [0.15, 0.2) is 5.82 Å². The summed E-state index contributed by atoms with van der Waals surface area (Å²) in [4.78, 5) is 14.1. The molecule has 0 radical (unpaired) electrons. The third kappa shape index (κ3) is 3.98. The van der Waals surface area contributed by atoms with Crippen molar-refractivity contribution in [3.05, 3.63) is 60.2 Å². The highest BCUT2D eigenvalue weighted by molar-refractivity contribution is 6.42. The van der Waals surface area contributed by atoms with Gasteiger partial charge in [0, 0.05) is 11.6 Å². The van der Waals surface area contributed by atoms with E-state index in [1.54, 1.807) is 6.07 Å². The lowest BCUT2D eigenvalue weighted by molar-refractivity contribution is -0.384. The minimum Gasteiger partial charge on any atom is -0.260 e. The number of hydrogen-bond acceptors (Lipinski definition) is 5. The van der Waals surface area contributed by atoms with Crippen LogP contribution in [0.5, 0.6) is 0 Å². The van der Waals surface area contributed by atoms with Gasteiger partial charge in [-0.2, -0.15) is 5.10 Å². The summed E-state index contributed by atoms with van der Waals surface area (Å²) in [6.07, 6.45) is 1.35. The van der Waals surface area contributed by atoms with Gasteiger partial charge in [-0.15, -0.1) is 0 Å². The van der Waals surface area contributed by atoms with E-state index in [1.807, 2.05) is 0 Å². The molecule has 0 saturated heterocycles. The number of rotatable bonds is 4. The molecule has 22 heavy (non-hydrogen) atoms. The van der Waals surface area contributed by atoms with E-state index in [0.717, 1.165) is 0 Å². The van der Waals surface area contributed by atoms with Gasteiger partial charge in [0.25, 0.3) is 5.69 Å². The average molecular weight is 380 g/mol. The number of hydrazone groups is 1. The van der Waals surface area contributed by atoms with E-state index in [1.165, 1.54) is 24.4 Å². The second kappa shape index (κ2) is 7.11. The Labute approximate surface area is 144 Å². The molecule has 1 heterocycles. The Hall–Kier alpha value is -1.60. The van der Waals surface area contributed by atoms with Gasteiger partial charge in [-0.3, -0.25) is 15.5 Å². The van der Waals surface area contributed by atoms with E-state index in [-0.39, 0.29) is 31.7 Å². The first-order valence-corrected chi connectivity index (χ1v) is 7.14. The van der Waals surface area contributed by atoms with E-state index >= 15 is 0 Å². The zero-order chi connectivity index (χ0) is 16.3. The minimum atomic E-state index is -0.579. The molecule has 2 aromatic rings. The van der Waals surface area contributed by atoms with Gasteiger partial charge in [0.1, 0.15) is 10.2 Å². The summed E-state index contributed by atoms with van der Waals surface area (Å²) in [6, 6.07) is 5.69. The lowest BCUT2D eigenvalue weighted by Crippen LogP contribution is -1.96. The van der Waals surface area contributed by atoms with E-state index in [4.69, 9.17) is 46.4 Å². The van der Waals surface area contributed by atoms with Gasteiger partial charge in [-0.05, 0) is 12.1 Å². The van der Waals surface area contributed by atoms with Gasteiger partial charge in [0.05, 0.1) is 21.2 Å². The third-order valence-electron chi connectivity index (χ3n) is 2.44. The normalized spacial score (nSPS) is 10.9. The van der Waals surface area contributed by atoms with Crippen molar-refractivity contribution in [2.45, 2.75) is 0 Å². The molecule has 0 saturated carbocycles. The molecule has 114 valence electrons. The van der Waals surface area contributed by atoms with Crippen LogP contribution in [-0.2, 0) is 0 Å². The van der Waals surface area contributed by atoms with Crippen LogP contribution in [0.1, 0.15) is 5.56 Å². The summed E-state index contributed by atoms with van der Waals surface area (Å²) in [5.41, 5.74) is 2.83. The van der Waals surface area contributed by atoms with E-state index in [0.29, 0.717) is 5.56 Å². The zero-order valence-electron chi connectivity index (χ0n) is 10.6. The molecule has 0 spiro atoms. The van der Waals surface area contributed by atoms with Crippen molar-refractivity contribution in [3.63, 3.8) is 0 Å².